The lowest BCUT2D eigenvalue weighted by Crippen LogP contribution is -2.38. The molecule has 0 fully saturated rings. The Balaban J connectivity index is 1.60. The maximum Gasteiger partial charge on any atom is 0.194 e. The number of benzene rings is 1. The van der Waals surface area contributed by atoms with E-state index in [2.05, 4.69) is 43.5 Å². The SMILES string of the molecule is CN=C(NCc1ccc(C)nc1)N(C)Cc1ncc(-c2ccccc2)[nH]1. The molecule has 3 rings (SSSR count). The quantitative estimate of drug-likeness (QED) is 0.549. The summed E-state index contributed by atoms with van der Waals surface area (Å²) in [6.45, 7) is 3.30. The number of hydrogen-bond acceptors (Lipinski definition) is 3. The zero-order chi connectivity index (χ0) is 18.4. The Hall–Kier alpha value is -3.15. The number of hydrogen-bond donors (Lipinski definition) is 2. The molecule has 0 aliphatic rings. The van der Waals surface area contributed by atoms with Gasteiger partial charge < -0.3 is 15.2 Å². The van der Waals surface area contributed by atoms with Gasteiger partial charge >= 0.3 is 0 Å². The average molecular weight is 348 g/mol. The minimum atomic E-state index is 0.638. The first-order valence-corrected chi connectivity index (χ1v) is 8.58. The normalized spacial score (nSPS) is 11.4. The minimum Gasteiger partial charge on any atom is -0.352 e. The predicted molar refractivity (Wildman–Crippen MR) is 105 cm³/mol. The van der Waals surface area contributed by atoms with Gasteiger partial charge in [0.05, 0.1) is 18.4 Å². The molecule has 26 heavy (non-hydrogen) atoms. The zero-order valence-corrected chi connectivity index (χ0v) is 15.4. The van der Waals surface area contributed by atoms with E-state index in [1.54, 1.807) is 7.05 Å². The van der Waals surface area contributed by atoms with E-state index in [0.29, 0.717) is 13.1 Å². The number of aromatic nitrogens is 3. The fourth-order valence-electron chi connectivity index (χ4n) is 2.68. The number of aryl methyl sites for hydroxylation is 1. The van der Waals surface area contributed by atoms with Crippen molar-refractivity contribution in [3.63, 3.8) is 0 Å². The molecule has 0 radical (unpaired) electrons. The summed E-state index contributed by atoms with van der Waals surface area (Å²) in [6.07, 6.45) is 3.75. The molecule has 6 nitrogen and oxygen atoms in total. The van der Waals surface area contributed by atoms with Gasteiger partial charge in [-0.15, -0.1) is 0 Å². The molecular formula is C20H24N6. The van der Waals surface area contributed by atoms with E-state index in [9.17, 15) is 0 Å². The number of H-pyrrole nitrogens is 1. The smallest absolute Gasteiger partial charge is 0.194 e. The van der Waals surface area contributed by atoms with Crippen LogP contribution in [0.4, 0.5) is 0 Å². The topological polar surface area (TPSA) is 69.2 Å². The van der Waals surface area contributed by atoms with Crippen LogP contribution in [0.5, 0.6) is 0 Å². The molecule has 0 aliphatic heterocycles. The summed E-state index contributed by atoms with van der Waals surface area (Å²) in [4.78, 5) is 18.6. The third-order valence-electron chi connectivity index (χ3n) is 4.10. The van der Waals surface area contributed by atoms with Crippen molar-refractivity contribution in [1.29, 1.82) is 0 Å². The number of guanidine groups is 1. The van der Waals surface area contributed by atoms with Gasteiger partial charge in [-0.2, -0.15) is 0 Å². The van der Waals surface area contributed by atoms with E-state index in [1.807, 2.05) is 55.5 Å². The number of pyridine rings is 1. The van der Waals surface area contributed by atoms with Crippen LogP contribution in [0.1, 0.15) is 17.1 Å². The molecule has 134 valence electrons. The van der Waals surface area contributed by atoms with Gasteiger partial charge in [0.25, 0.3) is 0 Å². The lowest BCUT2D eigenvalue weighted by atomic mass is 10.2. The van der Waals surface area contributed by atoms with Crippen LogP contribution in [0.2, 0.25) is 0 Å². The summed E-state index contributed by atoms with van der Waals surface area (Å²) < 4.78 is 0. The molecule has 2 aromatic heterocycles. The van der Waals surface area contributed by atoms with Crippen LogP contribution in [-0.2, 0) is 13.1 Å². The standard InChI is InChI=1S/C20H24N6/c1-15-9-10-16(11-22-15)12-24-20(21-2)26(3)14-19-23-13-18(25-19)17-7-5-4-6-8-17/h4-11,13H,12,14H2,1-3H3,(H,21,24)(H,23,25). The monoisotopic (exact) mass is 348 g/mol. The maximum absolute atomic E-state index is 4.49. The van der Waals surface area contributed by atoms with Crippen molar-refractivity contribution in [1.82, 2.24) is 25.2 Å². The van der Waals surface area contributed by atoms with Crippen molar-refractivity contribution in [2.45, 2.75) is 20.0 Å². The lowest BCUT2D eigenvalue weighted by Gasteiger charge is -2.21. The molecule has 6 heteroatoms. The number of rotatable bonds is 5. The van der Waals surface area contributed by atoms with E-state index >= 15 is 0 Å². The third kappa shape index (κ3) is 4.47. The molecule has 3 aromatic rings. The molecular weight excluding hydrogens is 324 g/mol. The summed E-state index contributed by atoms with van der Waals surface area (Å²) in [7, 11) is 3.77. The molecule has 0 amide bonds. The molecule has 0 bridgehead atoms. The Labute approximate surface area is 154 Å². The Kier molecular flexibility index (Phi) is 5.63. The number of aliphatic imine (C=N–C) groups is 1. The van der Waals surface area contributed by atoms with Crippen molar-refractivity contribution >= 4 is 5.96 Å². The minimum absolute atomic E-state index is 0.638. The highest BCUT2D eigenvalue weighted by Gasteiger charge is 2.10. The van der Waals surface area contributed by atoms with Gasteiger partial charge in [0.2, 0.25) is 0 Å². The highest BCUT2D eigenvalue weighted by molar-refractivity contribution is 5.79. The molecule has 2 N–H and O–H groups in total. The molecule has 0 aliphatic carbocycles. The highest BCUT2D eigenvalue weighted by atomic mass is 15.3. The van der Waals surface area contributed by atoms with Crippen LogP contribution in [0.3, 0.4) is 0 Å². The first-order chi connectivity index (χ1) is 12.7. The van der Waals surface area contributed by atoms with Gasteiger partial charge in [-0.3, -0.25) is 9.98 Å². The molecule has 0 spiro atoms. The Morgan fingerprint density at radius 3 is 2.62 bits per heavy atom. The number of nitrogens with zero attached hydrogens (tertiary/aromatic N) is 4. The van der Waals surface area contributed by atoms with Gasteiger partial charge in [-0.05, 0) is 24.1 Å². The van der Waals surface area contributed by atoms with Crippen LogP contribution in [-0.4, -0.2) is 39.9 Å². The van der Waals surface area contributed by atoms with E-state index < -0.39 is 0 Å². The first kappa shape index (κ1) is 17.7. The largest absolute Gasteiger partial charge is 0.352 e. The zero-order valence-electron chi connectivity index (χ0n) is 15.4. The van der Waals surface area contributed by atoms with E-state index in [1.165, 1.54) is 0 Å². The third-order valence-corrected chi connectivity index (χ3v) is 4.10. The molecule has 0 saturated heterocycles. The van der Waals surface area contributed by atoms with E-state index in [4.69, 9.17) is 0 Å². The second-order valence-corrected chi connectivity index (χ2v) is 6.17. The van der Waals surface area contributed by atoms with Crippen LogP contribution in [0, 0.1) is 6.92 Å². The van der Waals surface area contributed by atoms with Crippen LogP contribution < -0.4 is 5.32 Å². The summed E-state index contributed by atoms with van der Waals surface area (Å²) in [6, 6.07) is 14.3. The number of aromatic amines is 1. The summed E-state index contributed by atoms with van der Waals surface area (Å²) in [5, 5.41) is 3.36. The van der Waals surface area contributed by atoms with Crippen LogP contribution in [0.15, 0.2) is 59.9 Å². The van der Waals surface area contributed by atoms with Crippen molar-refractivity contribution < 1.29 is 0 Å². The Bertz CT molecular complexity index is 852. The number of imidazole rings is 1. The fraction of sp³-hybridized carbons (Fsp3) is 0.250. The summed E-state index contributed by atoms with van der Waals surface area (Å²) in [5.41, 5.74) is 4.28. The van der Waals surface area contributed by atoms with Gasteiger partial charge in [0, 0.05) is 32.5 Å². The van der Waals surface area contributed by atoms with Crippen molar-refractivity contribution in [3.8, 4) is 11.3 Å². The van der Waals surface area contributed by atoms with Crippen molar-refractivity contribution in [2.24, 2.45) is 4.99 Å². The second kappa shape index (κ2) is 8.29. The molecule has 0 saturated carbocycles. The van der Waals surface area contributed by atoms with Gasteiger partial charge in [-0.1, -0.05) is 36.4 Å². The summed E-state index contributed by atoms with van der Waals surface area (Å²) in [5.74, 6) is 1.70. The van der Waals surface area contributed by atoms with E-state index in [-0.39, 0.29) is 0 Å². The van der Waals surface area contributed by atoms with E-state index in [0.717, 1.165) is 34.3 Å². The molecule has 1 aromatic carbocycles. The lowest BCUT2D eigenvalue weighted by molar-refractivity contribution is 0.464. The van der Waals surface area contributed by atoms with Gasteiger partial charge in [0.1, 0.15) is 5.82 Å². The average Bonchev–Trinajstić information content (AvgIpc) is 3.13. The first-order valence-electron chi connectivity index (χ1n) is 8.58. The second-order valence-electron chi connectivity index (χ2n) is 6.17. The van der Waals surface area contributed by atoms with Crippen LogP contribution in [0.25, 0.3) is 11.3 Å². The fourth-order valence-corrected chi connectivity index (χ4v) is 2.68. The van der Waals surface area contributed by atoms with Crippen molar-refractivity contribution in [3.05, 3.63) is 71.9 Å². The van der Waals surface area contributed by atoms with Gasteiger partial charge in [0.15, 0.2) is 5.96 Å². The Morgan fingerprint density at radius 2 is 1.92 bits per heavy atom. The molecule has 0 unspecified atom stereocenters. The highest BCUT2D eigenvalue weighted by Crippen LogP contribution is 2.16. The predicted octanol–water partition coefficient (Wildman–Crippen LogP) is 2.99. The Morgan fingerprint density at radius 1 is 1.12 bits per heavy atom. The number of nitrogens with one attached hydrogen (secondary N) is 2. The maximum atomic E-state index is 4.49. The summed E-state index contributed by atoms with van der Waals surface area (Å²) >= 11 is 0. The van der Waals surface area contributed by atoms with Gasteiger partial charge in [-0.25, -0.2) is 4.98 Å². The molecule has 0 atom stereocenters. The molecule has 2 heterocycles. The van der Waals surface area contributed by atoms with Crippen molar-refractivity contribution in [2.75, 3.05) is 14.1 Å². The van der Waals surface area contributed by atoms with Crippen LogP contribution >= 0.6 is 0 Å².